The Morgan fingerprint density at radius 1 is 1.12 bits per heavy atom. The van der Waals surface area contributed by atoms with E-state index in [9.17, 15) is 24.2 Å². The zero-order chi connectivity index (χ0) is 23.8. The standard InChI is InChI=1S/C26H27FN2O5/c27-17-9-5-15(6-10-17)14-29(26(33)16-7-8-16)20-13-19(25(32)28-11-12-30)22-18-3-1-2-4-21(18)34-24(22)23(20)31/h1-6,9-10,13,16,20,22-24,30-31H,7-8,11-12,14H2,(H,28,32)/t20-,22+,23+,24+/m1/s1. The Bertz CT molecular complexity index is 1110. The van der Waals surface area contributed by atoms with Gasteiger partial charge in [0.2, 0.25) is 11.8 Å². The van der Waals surface area contributed by atoms with Crippen LogP contribution in [0.1, 0.15) is 29.9 Å². The van der Waals surface area contributed by atoms with Crippen molar-refractivity contribution >= 4 is 11.8 Å². The zero-order valence-electron chi connectivity index (χ0n) is 18.6. The first-order chi connectivity index (χ1) is 16.5. The molecule has 0 unspecified atom stereocenters. The first kappa shape index (κ1) is 22.6. The molecule has 2 aromatic rings. The Morgan fingerprint density at radius 3 is 2.56 bits per heavy atom. The summed E-state index contributed by atoms with van der Waals surface area (Å²) in [5, 5.41) is 23.3. The Labute approximate surface area is 196 Å². The first-order valence-corrected chi connectivity index (χ1v) is 11.6. The second kappa shape index (κ2) is 9.19. The average Bonchev–Trinajstić information content (AvgIpc) is 3.62. The predicted molar refractivity (Wildman–Crippen MR) is 121 cm³/mol. The molecule has 2 aliphatic carbocycles. The molecule has 1 fully saturated rings. The Hall–Kier alpha value is -3.23. The van der Waals surface area contributed by atoms with Crippen LogP contribution in [0.5, 0.6) is 5.75 Å². The summed E-state index contributed by atoms with van der Waals surface area (Å²) in [5.74, 6) is -0.867. The molecule has 0 spiro atoms. The van der Waals surface area contributed by atoms with Gasteiger partial charge in [-0.1, -0.05) is 30.3 Å². The van der Waals surface area contributed by atoms with Crippen molar-refractivity contribution in [2.45, 2.75) is 43.6 Å². The summed E-state index contributed by atoms with van der Waals surface area (Å²) in [6.07, 6.45) is 1.40. The van der Waals surface area contributed by atoms with Crippen LogP contribution < -0.4 is 10.1 Å². The minimum Gasteiger partial charge on any atom is -0.486 e. The third-order valence-corrected chi connectivity index (χ3v) is 6.71. The number of para-hydroxylation sites is 1. The van der Waals surface area contributed by atoms with Crippen molar-refractivity contribution in [2.24, 2.45) is 5.92 Å². The van der Waals surface area contributed by atoms with E-state index in [0.29, 0.717) is 11.3 Å². The summed E-state index contributed by atoms with van der Waals surface area (Å²) in [7, 11) is 0. The van der Waals surface area contributed by atoms with Crippen molar-refractivity contribution in [1.82, 2.24) is 10.2 Å². The normalized spacial score (nSPS) is 25.0. The molecule has 0 radical (unpaired) electrons. The third-order valence-electron chi connectivity index (χ3n) is 6.71. The van der Waals surface area contributed by atoms with Gasteiger partial charge in [-0.15, -0.1) is 0 Å². The number of hydrogen-bond acceptors (Lipinski definition) is 5. The van der Waals surface area contributed by atoms with Gasteiger partial charge in [0, 0.05) is 30.1 Å². The molecule has 7 nitrogen and oxygen atoms in total. The highest BCUT2D eigenvalue weighted by atomic mass is 19.1. The molecule has 5 rings (SSSR count). The number of rotatable bonds is 7. The summed E-state index contributed by atoms with van der Waals surface area (Å²) in [6, 6.07) is 12.4. The van der Waals surface area contributed by atoms with Crippen molar-refractivity contribution in [2.75, 3.05) is 13.2 Å². The van der Waals surface area contributed by atoms with Gasteiger partial charge in [-0.2, -0.15) is 0 Å². The molecule has 178 valence electrons. The van der Waals surface area contributed by atoms with Gasteiger partial charge in [0.25, 0.3) is 0 Å². The van der Waals surface area contributed by atoms with Gasteiger partial charge >= 0.3 is 0 Å². The minimum absolute atomic E-state index is 0.0869. The van der Waals surface area contributed by atoms with Gasteiger partial charge in [-0.3, -0.25) is 9.59 Å². The number of halogens is 1. The van der Waals surface area contributed by atoms with E-state index >= 15 is 0 Å². The summed E-state index contributed by atoms with van der Waals surface area (Å²) >= 11 is 0. The average molecular weight is 467 g/mol. The fourth-order valence-electron chi connectivity index (χ4n) is 4.87. The lowest BCUT2D eigenvalue weighted by Gasteiger charge is -2.41. The lowest BCUT2D eigenvalue weighted by molar-refractivity contribution is -0.139. The number of aliphatic hydroxyl groups excluding tert-OH is 2. The van der Waals surface area contributed by atoms with Gasteiger partial charge in [-0.05, 0) is 42.7 Å². The van der Waals surface area contributed by atoms with E-state index in [1.54, 1.807) is 29.2 Å². The smallest absolute Gasteiger partial charge is 0.247 e. The number of carbonyl (C=O) groups excluding carboxylic acids is 2. The number of hydrogen-bond donors (Lipinski definition) is 3. The maximum Gasteiger partial charge on any atom is 0.247 e. The van der Waals surface area contributed by atoms with E-state index < -0.39 is 24.2 Å². The second-order valence-electron chi connectivity index (χ2n) is 9.05. The SMILES string of the molecule is O=C(NCCO)C1=C[C@@H](N(Cc2ccc(F)cc2)C(=O)C2CC2)[C@H](O)[C@H]2Oc3ccccc3[C@@H]12. The van der Waals surface area contributed by atoms with E-state index in [4.69, 9.17) is 4.74 Å². The van der Waals surface area contributed by atoms with Gasteiger partial charge < -0.3 is 25.2 Å². The van der Waals surface area contributed by atoms with Crippen molar-refractivity contribution < 1.29 is 28.9 Å². The molecular formula is C26H27FN2O5. The molecule has 1 saturated carbocycles. The summed E-state index contributed by atoms with van der Waals surface area (Å²) in [4.78, 5) is 28.0. The molecule has 2 amide bonds. The number of aliphatic hydroxyl groups is 2. The highest BCUT2D eigenvalue weighted by Crippen LogP contribution is 2.47. The minimum atomic E-state index is -1.07. The lowest BCUT2D eigenvalue weighted by Crippen LogP contribution is -2.55. The van der Waals surface area contributed by atoms with Gasteiger partial charge in [0.1, 0.15) is 23.8 Å². The molecule has 3 aliphatic rings. The fourth-order valence-corrected chi connectivity index (χ4v) is 4.87. The molecule has 34 heavy (non-hydrogen) atoms. The number of fused-ring (bicyclic) bond motifs is 3. The van der Waals surface area contributed by atoms with Crippen LogP contribution in [0.2, 0.25) is 0 Å². The van der Waals surface area contributed by atoms with E-state index in [0.717, 1.165) is 24.0 Å². The van der Waals surface area contributed by atoms with Gasteiger partial charge in [-0.25, -0.2) is 4.39 Å². The predicted octanol–water partition coefficient (Wildman–Crippen LogP) is 1.89. The number of amides is 2. The molecule has 3 N–H and O–H groups in total. The third kappa shape index (κ3) is 4.19. The van der Waals surface area contributed by atoms with Crippen LogP contribution in [0.3, 0.4) is 0 Å². The number of nitrogens with one attached hydrogen (secondary N) is 1. The Kier molecular flexibility index (Phi) is 6.10. The van der Waals surface area contributed by atoms with E-state index in [1.165, 1.54) is 12.1 Å². The maximum absolute atomic E-state index is 13.4. The molecule has 1 heterocycles. The molecule has 1 aliphatic heterocycles. The zero-order valence-corrected chi connectivity index (χ0v) is 18.6. The number of benzene rings is 2. The number of nitrogens with zero attached hydrogens (tertiary/aromatic N) is 1. The lowest BCUT2D eigenvalue weighted by atomic mass is 9.77. The molecule has 4 atom stereocenters. The molecular weight excluding hydrogens is 439 g/mol. The molecule has 2 aromatic carbocycles. The Balaban J connectivity index is 1.54. The summed E-state index contributed by atoms with van der Waals surface area (Å²) < 4.78 is 19.6. The van der Waals surface area contributed by atoms with Crippen LogP contribution in [0.25, 0.3) is 0 Å². The van der Waals surface area contributed by atoms with Crippen molar-refractivity contribution in [3.63, 3.8) is 0 Å². The van der Waals surface area contributed by atoms with Gasteiger partial charge in [0.15, 0.2) is 0 Å². The van der Waals surface area contributed by atoms with Crippen LogP contribution >= 0.6 is 0 Å². The van der Waals surface area contributed by atoms with E-state index in [1.807, 2.05) is 18.2 Å². The van der Waals surface area contributed by atoms with Gasteiger partial charge in [0.05, 0.1) is 18.6 Å². The number of ether oxygens (including phenoxy) is 1. The van der Waals surface area contributed by atoms with Crippen molar-refractivity contribution in [3.8, 4) is 5.75 Å². The second-order valence-corrected chi connectivity index (χ2v) is 9.05. The summed E-state index contributed by atoms with van der Waals surface area (Å²) in [5.41, 5.74) is 1.92. The quantitative estimate of drug-likeness (QED) is 0.579. The van der Waals surface area contributed by atoms with Crippen molar-refractivity contribution in [1.29, 1.82) is 0 Å². The largest absolute Gasteiger partial charge is 0.486 e. The van der Waals surface area contributed by atoms with E-state index in [-0.39, 0.29) is 43.2 Å². The first-order valence-electron chi connectivity index (χ1n) is 11.6. The maximum atomic E-state index is 13.4. The van der Waals surface area contributed by atoms with Crippen LogP contribution in [0.4, 0.5) is 4.39 Å². The van der Waals surface area contributed by atoms with Crippen molar-refractivity contribution in [3.05, 3.63) is 77.1 Å². The molecule has 0 bridgehead atoms. The van der Waals surface area contributed by atoms with Crippen LogP contribution in [-0.4, -0.2) is 58.3 Å². The molecule has 0 aromatic heterocycles. The van der Waals surface area contributed by atoms with Crippen LogP contribution in [0.15, 0.2) is 60.2 Å². The highest BCUT2D eigenvalue weighted by Gasteiger charge is 2.51. The van der Waals surface area contributed by atoms with Crippen LogP contribution in [-0.2, 0) is 16.1 Å². The summed E-state index contributed by atoms with van der Waals surface area (Å²) in [6.45, 7) is 0.0520. The topological polar surface area (TPSA) is 99.1 Å². The monoisotopic (exact) mass is 466 g/mol. The molecule has 8 heteroatoms. The van der Waals surface area contributed by atoms with E-state index in [2.05, 4.69) is 5.32 Å². The molecule has 0 saturated heterocycles. The number of carbonyl (C=O) groups is 2. The van der Waals surface area contributed by atoms with Crippen LogP contribution in [0, 0.1) is 11.7 Å². The fraction of sp³-hybridized carbons (Fsp3) is 0.385. The Morgan fingerprint density at radius 2 is 1.85 bits per heavy atom. The highest BCUT2D eigenvalue weighted by molar-refractivity contribution is 5.96.